The fourth-order valence-corrected chi connectivity index (χ4v) is 5.68. The van der Waals surface area contributed by atoms with Gasteiger partial charge in [-0.05, 0) is 91.0 Å². The summed E-state index contributed by atoms with van der Waals surface area (Å²) >= 11 is 2.14. The Bertz CT molecular complexity index is 1480. The van der Waals surface area contributed by atoms with Crippen LogP contribution in [0.3, 0.4) is 0 Å². The van der Waals surface area contributed by atoms with Crippen LogP contribution in [0.5, 0.6) is 0 Å². The van der Waals surface area contributed by atoms with Gasteiger partial charge >= 0.3 is 0 Å². The lowest BCUT2D eigenvalue weighted by Crippen LogP contribution is -2.39. The molecule has 4 rings (SSSR count). The lowest BCUT2D eigenvalue weighted by atomic mass is 10.2. The molecule has 0 atom stereocenters. The molecule has 1 N–H and O–H groups in total. The maximum Gasteiger partial charge on any atom is 0.264 e. The Morgan fingerprint density at radius 1 is 0.972 bits per heavy atom. The second-order valence-corrected chi connectivity index (χ2v) is 11.2. The number of aromatic nitrogens is 1. The second-order valence-electron chi connectivity index (χ2n) is 8.09. The zero-order valence-electron chi connectivity index (χ0n) is 19.8. The van der Waals surface area contributed by atoms with Crippen LogP contribution in [0.4, 0.5) is 5.69 Å². The van der Waals surface area contributed by atoms with Gasteiger partial charge in [-0.3, -0.25) is 9.10 Å². The summed E-state index contributed by atoms with van der Waals surface area (Å²) in [6, 6.07) is 26.9. The van der Waals surface area contributed by atoms with Crippen molar-refractivity contribution >= 4 is 50.4 Å². The number of rotatable bonds is 8. The molecule has 0 saturated carbocycles. The first-order valence-electron chi connectivity index (χ1n) is 11.2. The van der Waals surface area contributed by atoms with Crippen molar-refractivity contribution in [1.82, 2.24) is 9.99 Å². The summed E-state index contributed by atoms with van der Waals surface area (Å²) in [5.74, 6) is -0.554. The van der Waals surface area contributed by atoms with Crippen LogP contribution in [0.15, 0.2) is 101 Å². The van der Waals surface area contributed by atoms with E-state index in [4.69, 9.17) is 0 Å². The number of aryl methyl sites for hydroxylation is 1. The highest BCUT2D eigenvalue weighted by Gasteiger charge is 2.27. The van der Waals surface area contributed by atoms with E-state index >= 15 is 0 Å². The molecule has 0 aliphatic heterocycles. The van der Waals surface area contributed by atoms with E-state index in [1.807, 2.05) is 50.2 Å². The van der Waals surface area contributed by atoms with Gasteiger partial charge < -0.3 is 4.57 Å². The van der Waals surface area contributed by atoms with Crippen molar-refractivity contribution in [1.29, 1.82) is 0 Å². The van der Waals surface area contributed by atoms with Gasteiger partial charge in [-0.15, -0.1) is 0 Å². The number of carbonyl (C=O) groups is 1. The highest BCUT2D eigenvalue weighted by atomic mass is 127. The molecule has 4 aromatic rings. The molecule has 7 nitrogen and oxygen atoms in total. The van der Waals surface area contributed by atoms with Crippen LogP contribution < -0.4 is 9.73 Å². The molecule has 36 heavy (non-hydrogen) atoms. The number of hydrazone groups is 1. The lowest BCUT2D eigenvalue weighted by Gasteiger charge is -2.23. The average Bonchev–Trinajstić information content (AvgIpc) is 3.16. The molecule has 0 saturated heterocycles. The summed E-state index contributed by atoms with van der Waals surface area (Å²) in [6.07, 6.45) is 1.57. The average molecular weight is 612 g/mol. The Kier molecular flexibility index (Phi) is 7.90. The van der Waals surface area contributed by atoms with Crippen molar-refractivity contribution in [2.24, 2.45) is 5.10 Å². The van der Waals surface area contributed by atoms with E-state index in [1.54, 1.807) is 48.7 Å². The lowest BCUT2D eigenvalue weighted by molar-refractivity contribution is -0.119. The number of hydrogen-bond donors (Lipinski definition) is 1. The molecule has 1 heterocycles. The number of amides is 1. The molecule has 0 radical (unpaired) electrons. The number of anilines is 1. The highest BCUT2D eigenvalue weighted by molar-refractivity contribution is 14.1. The van der Waals surface area contributed by atoms with Gasteiger partial charge in [-0.2, -0.15) is 5.10 Å². The number of hydrogen-bond acceptors (Lipinski definition) is 4. The first kappa shape index (κ1) is 25.6. The van der Waals surface area contributed by atoms with Gasteiger partial charge in [0.2, 0.25) is 0 Å². The van der Waals surface area contributed by atoms with Gasteiger partial charge in [0.25, 0.3) is 15.9 Å². The predicted octanol–water partition coefficient (Wildman–Crippen LogP) is 5.04. The maximum atomic E-state index is 13.4. The third-order valence-corrected chi connectivity index (χ3v) is 8.12. The zero-order chi connectivity index (χ0) is 25.7. The van der Waals surface area contributed by atoms with Gasteiger partial charge in [0, 0.05) is 26.2 Å². The number of sulfonamides is 1. The van der Waals surface area contributed by atoms with Gasteiger partial charge in [0.1, 0.15) is 6.54 Å². The molecule has 1 amide bonds. The normalized spacial score (nSPS) is 11.5. The Morgan fingerprint density at radius 3 is 2.22 bits per heavy atom. The zero-order valence-corrected chi connectivity index (χ0v) is 22.8. The Morgan fingerprint density at radius 2 is 1.58 bits per heavy atom. The minimum atomic E-state index is -3.96. The number of benzene rings is 3. The van der Waals surface area contributed by atoms with Crippen LogP contribution in [0.2, 0.25) is 0 Å². The van der Waals surface area contributed by atoms with E-state index in [9.17, 15) is 13.2 Å². The molecule has 9 heteroatoms. The Labute approximate surface area is 224 Å². The third-order valence-electron chi connectivity index (χ3n) is 5.61. The maximum absolute atomic E-state index is 13.4. The van der Waals surface area contributed by atoms with Gasteiger partial charge in [0.05, 0.1) is 16.8 Å². The Balaban J connectivity index is 1.54. The summed E-state index contributed by atoms with van der Waals surface area (Å²) in [4.78, 5) is 12.9. The molecule has 0 aliphatic carbocycles. The van der Waals surface area contributed by atoms with Crippen LogP contribution in [-0.4, -0.2) is 31.7 Å². The van der Waals surface area contributed by atoms with Crippen LogP contribution in [-0.2, 0) is 14.8 Å². The van der Waals surface area contributed by atoms with Crippen molar-refractivity contribution in [3.8, 4) is 5.69 Å². The van der Waals surface area contributed by atoms with Crippen molar-refractivity contribution in [3.05, 3.63) is 112 Å². The number of nitrogens with zero attached hydrogens (tertiary/aromatic N) is 3. The SMILES string of the molecule is Cc1cc(/C=N\NC(=O)CN(c2ccc(I)cc2)S(=O)(=O)c2ccccc2)c(C)n1-c1ccccc1. The second kappa shape index (κ2) is 11.1. The molecule has 1 aromatic heterocycles. The van der Waals surface area contributed by atoms with E-state index in [0.717, 1.165) is 30.5 Å². The van der Waals surface area contributed by atoms with Crippen molar-refractivity contribution in [3.63, 3.8) is 0 Å². The van der Waals surface area contributed by atoms with Crippen LogP contribution >= 0.6 is 22.6 Å². The highest BCUT2D eigenvalue weighted by Crippen LogP contribution is 2.24. The standard InChI is InChI=1S/C27H25IN4O3S/c1-20-17-22(21(2)32(20)25-9-5-3-6-10-25)18-29-30-27(33)19-31(24-15-13-23(28)14-16-24)36(34,35)26-11-7-4-8-12-26/h3-18H,19H2,1-2H3,(H,30,33)/b29-18-. The first-order valence-corrected chi connectivity index (χ1v) is 13.7. The summed E-state index contributed by atoms with van der Waals surface area (Å²) in [5.41, 5.74) is 6.77. The number of halogens is 1. The number of nitrogens with one attached hydrogen (secondary N) is 1. The van der Waals surface area contributed by atoms with Crippen LogP contribution in [0.25, 0.3) is 5.69 Å². The number of para-hydroxylation sites is 1. The van der Waals surface area contributed by atoms with Gasteiger partial charge in [-0.25, -0.2) is 13.8 Å². The summed E-state index contributed by atoms with van der Waals surface area (Å²) in [5, 5.41) is 4.11. The van der Waals surface area contributed by atoms with Crippen LogP contribution in [0.1, 0.15) is 17.0 Å². The van der Waals surface area contributed by atoms with E-state index in [2.05, 4.69) is 37.7 Å². The first-order chi connectivity index (χ1) is 17.3. The minimum absolute atomic E-state index is 0.105. The smallest absolute Gasteiger partial charge is 0.264 e. The molecule has 0 fully saturated rings. The van der Waals surface area contributed by atoms with Crippen molar-refractivity contribution in [2.75, 3.05) is 10.8 Å². The van der Waals surface area contributed by atoms with Gasteiger partial charge in [0.15, 0.2) is 0 Å². The van der Waals surface area contributed by atoms with Crippen molar-refractivity contribution < 1.29 is 13.2 Å². The van der Waals surface area contributed by atoms with Crippen molar-refractivity contribution in [2.45, 2.75) is 18.7 Å². The number of carbonyl (C=O) groups excluding carboxylic acids is 1. The van der Waals surface area contributed by atoms with E-state index in [-0.39, 0.29) is 4.90 Å². The topological polar surface area (TPSA) is 83.8 Å². The van der Waals surface area contributed by atoms with E-state index < -0.39 is 22.5 Å². The molecule has 3 aromatic carbocycles. The monoisotopic (exact) mass is 612 g/mol. The molecule has 184 valence electrons. The van der Waals surface area contributed by atoms with Crippen LogP contribution in [0, 0.1) is 17.4 Å². The molecular formula is C27H25IN4O3S. The van der Waals surface area contributed by atoms with E-state index in [1.165, 1.54) is 12.1 Å². The van der Waals surface area contributed by atoms with Gasteiger partial charge in [-0.1, -0.05) is 36.4 Å². The quantitative estimate of drug-likeness (QED) is 0.172. The summed E-state index contributed by atoms with van der Waals surface area (Å²) in [7, 11) is -3.96. The summed E-state index contributed by atoms with van der Waals surface area (Å²) in [6.45, 7) is 3.57. The molecule has 0 aliphatic rings. The fraction of sp³-hybridized carbons (Fsp3) is 0.111. The molecule has 0 bridgehead atoms. The predicted molar refractivity (Wildman–Crippen MR) is 151 cm³/mol. The summed E-state index contributed by atoms with van der Waals surface area (Å²) < 4.78 is 30.9. The van der Waals surface area contributed by atoms with E-state index in [0.29, 0.717) is 5.69 Å². The third kappa shape index (κ3) is 5.68. The molecule has 0 spiro atoms. The minimum Gasteiger partial charge on any atom is -0.318 e. The molecule has 0 unspecified atom stereocenters. The Hall–Kier alpha value is -3.44. The largest absolute Gasteiger partial charge is 0.318 e. The molecular weight excluding hydrogens is 587 g/mol. The fourth-order valence-electron chi connectivity index (χ4n) is 3.87.